The molecule has 0 amide bonds. The first-order valence-electron chi connectivity index (χ1n) is 11.1. The van der Waals surface area contributed by atoms with E-state index in [2.05, 4.69) is 66.3 Å². The van der Waals surface area contributed by atoms with Gasteiger partial charge >= 0.3 is 0 Å². The second-order valence-corrected chi connectivity index (χ2v) is 10.1. The fourth-order valence-electron chi connectivity index (χ4n) is 5.04. The zero-order valence-corrected chi connectivity index (χ0v) is 20.9. The Morgan fingerprint density at radius 1 is 1.15 bits per heavy atom. The predicted octanol–water partition coefficient (Wildman–Crippen LogP) is 6.03. The Morgan fingerprint density at radius 3 is 2.58 bits per heavy atom. The second-order valence-electron chi connectivity index (χ2n) is 9.20. The zero-order chi connectivity index (χ0) is 22.3. The first-order chi connectivity index (χ1) is 15.5. The molecular formula is C25H27BrClN5O. The number of hydrogen-bond donors (Lipinski definition) is 2. The number of nitrogens with one attached hydrogen (secondary N) is 1. The number of halogens is 2. The summed E-state index contributed by atoms with van der Waals surface area (Å²) in [4.78, 5) is 5.93. The maximum absolute atomic E-state index is 9.76. The van der Waals surface area contributed by atoms with Crippen molar-refractivity contribution in [2.45, 2.75) is 45.3 Å². The van der Waals surface area contributed by atoms with Gasteiger partial charge < -0.3 is 15.3 Å². The number of aromatic nitrogens is 2. The molecule has 2 aliphatic rings. The number of aliphatic hydroxyl groups is 1. The van der Waals surface area contributed by atoms with Gasteiger partial charge in [-0.2, -0.15) is 0 Å². The molecule has 6 nitrogen and oxygen atoms in total. The Morgan fingerprint density at radius 2 is 1.91 bits per heavy atom. The smallest absolute Gasteiger partial charge is 0.188 e. The summed E-state index contributed by atoms with van der Waals surface area (Å²) in [6, 6.07) is 12.1. The topological polar surface area (TPSA) is 65.6 Å². The third-order valence-electron chi connectivity index (χ3n) is 7.03. The standard InChI is InChI=1S/C25H26BrN5O.ClH/c1-16-3-4-17(11-22(16)26)15-28-23-21-12-18(27-2)5-6-20(21)24(30-29-23)31-9-7-25(8-10-31)13-19(32)14-25;/h3-6,11-12,19,32H,7-10,13-15H2,1H3,(H,28,29);1H. The van der Waals surface area contributed by atoms with Crippen molar-refractivity contribution in [2.75, 3.05) is 23.3 Å². The molecule has 0 bridgehead atoms. The highest BCUT2D eigenvalue weighted by Crippen LogP contribution is 2.49. The Labute approximate surface area is 208 Å². The van der Waals surface area contributed by atoms with E-state index >= 15 is 0 Å². The lowest BCUT2D eigenvalue weighted by Gasteiger charge is -2.50. The normalized spacial score (nSPS) is 17.3. The van der Waals surface area contributed by atoms with Gasteiger partial charge in [0.25, 0.3) is 0 Å². The van der Waals surface area contributed by atoms with Crippen LogP contribution in [0.25, 0.3) is 15.6 Å². The van der Waals surface area contributed by atoms with Gasteiger partial charge in [-0.1, -0.05) is 40.2 Å². The molecule has 1 aliphatic heterocycles. The molecule has 8 heteroatoms. The summed E-state index contributed by atoms with van der Waals surface area (Å²) in [6.07, 6.45) is 3.90. The minimum atomic E-state index is -0.117. The van der Waals surface area contributed by atoms with Crippen molar-refractivity contribution in [2.24, 2.45) is 5.41 Å². The van der Waals surface area contributed by atoms with Crippen LogP contribution < -0.4 is 10.2 Å². The first-order valence-corrected chi connectivity index (χ1v) is 11.9. The van der Waals surface area contributed by atoms with Crippen LogP contribution in [0.3, 0.4) is 0 Å². The van der Waals surface area contributed by atoms with Gasteiger partial charge in [0.15, 0.2) is 17.3 Å². The highest BCUT2D eigenvalue weighted by atomic mass is 79.9. The molecule has 0 atom stereocenters. The molecule has 172 valence electrons. The van der Waals surface area contributed by atoms with E-state index in [1.807, 2.05) is 18.2 Å². The summed E-state index contributed by atoms with van der Waals surface area (Å²) in [5, 5.41) is 24.3. The van der Waals surface area contributed by atoms with Crippen LogP contribution in [0.5, 0.6) is 0 Å². The van der Waals surface area contributed by atoms with Crippen LogP contribution in [-0.2, 0) is 6.54 Å². The minimum Gasteiger partial charge on any atom is -0.393 e. The van der Waals surface area contributed by atoms with Crippen LogP contribution in [0.15, 0.2) is 40.9 Å². The quantitative estimate of drug-likeness (QED) is 0.405. The third-order valence-corrected chi connectivity index (χ3v) is 7.88. The molecule has 5 rings (SSSR count). The SMILES string of the molecule is Cl.[C-]#[N+]c1ccc2c(N3CCC4(CC3)CC(O)C4)nnc(NCc3ccc(C)c(Br)c3)c2c1. The molecule has 2 fully saturated rings. The lowest BCUT2D eigenvalue weighted by molar-refractivity contribution is -0.0464. The van der Waals surface area contributed by atoms with Crippen LogP contribution in [-0.4, -0.2) is 34.5 Å². The molecule has 2 heterocycles. The van der Waals surface area contributed by atoms with Gasteiger partial charge in [0, 0.05) is 34.9 Å². The number of aryl methyl sites for hydroxylation is 1. The van der Waals surface area contributed by atoms with E-state index in [1.54, 1.807) is 0 Å². The van der Waals surface area contributed by atoms with Crippen molar-refractivity contribution >= 4 is 56.4 Å². The van der Waals surface area contributed by atoms with Gasteiger partial charge in [-0.05, 0) is 61.3 Å². The predicted molar refractivity (Wildman–Crippen MR) is 138 cm³/mol. The van der Waals surface area contributed by atoms with Gasteiger partial charge in [-0.3, -0.25) is 0 Å². The van der Waals surface area contributed by atoms with E-state index in [9.17, 15) is 5.11 Å². The molecule has 2 N–H and O–H groups in total. The maximum atomic E-state index is 9.76. The number of nitrogens with zero attached hydrogens (tertiary/aromatic N) is 4. The van der Waals surface area contributed by atoms with Crippen LogP contribution in [0.2, 0.25) is 0 Å². The average molecular weight is 529 g/mol. The summed E-state index contributed by atoms with van der Waals surface area (Å²) in [7, 11) is 0. The molecule has 0 unspecified atom stereocenters. The van der Waals surface area contributed by atoms with Gasteiger partial charge in [0.1, 0.15) is 0 Å². The number of hydrogen-bond acceptors (Lipinski definition) is 5. The van der Waals surface area contributed by atoms with Gasteiger partial charge in [-0.15, -0.1) is 22.6 Å². The molecule has 3 aromatic rings. The van der Waals surface area contributed by atoms with Gasteiger partial charge in [-0.25, -0.2) is 4.85 Å². The summed E-state index contributed by atoms with van der Waals surface area (Å²) in [5.74, 6) is 1.58. The van der Waals surface area contributed by atoms with E-state index in [4.69, 9.17) is 6.57 Å². The number of fused-ring (bicyclic) bond motifs is 1. The van der Waals surface area contributed by atoms with Crippen LogP contribution in [0.1, 0.15) is 36.8 Å². The number of rotatable bonds is 4. The van der Waals surface area contributed by atoms with Gasteiger partial charge in [0.2, 0.25) is 0 Å². The average Bonchev–Trinajstić information content (AvgIpc) is 2.79. The molecule has 1 saturated carbocycles. The van der Waals surface area contributed by atoms with Crippen LogP contribution in [0.4, 0.5) is 17.3 Å². The highest BCUT2D eigenvalue weighted by molar-refractivity contribution is 9.10. The summed E-state index contributed by atoms with van der Waals surface area (Å²) in [6.45, 7) is 12.0. The van der Waals surface area contributed by atoms with E-state index in [1.165, 1.54) is 5.56 Å². The Balaban J connectivity index is 0.00000259. The molecular weight excluding hydrogens is 502 g/mol. The second kappa shape index (κ2) is 9.46. The molecule has 0 radical (unpaired) electrons. The molecule has 1 aliphatic carbocycles. The summed E-state index contributed by atoms with van der Waals surface area (Å²) >= 11 is 3.60. The van der Waals surface area contributed by atoms with Gasteiger partial charge in [0.05, 0.1) is 12.7 Å². The van der Waals surface area contributed by atoms with Crippen molar-refractivity contribution in [3.63, 3.8) is 0 Å². The Kier molecular flexibility index (Phi) is 6.81. The van der Waals surface area contributed by atoms with E-state index < -0.39 is 0 Å². The molecule has 1 saturated heterocycles. The van der Waals surface area contributed by atoms with Crippen LogP contribution in [0, 0.1) is 18.9 Å². The zero-order valence-electron chi connectivity index (χ0n) is 18.5. The number of anilines is 2. The highest BCUT2D eigenvalue weighted by Gasteiger charge is 2.45. The minimum absolute atomic E-state index is 0. The fourth-order valence-corrected chi connectivity index (χ4v) is 5.46. The van der Waals surface area contributed by atoms with Crippen LogP contribution >= 0.6 is 28.3 Å². The van der Waals surface area contributed by atoms with E-state index in [0.29, 0.717) is 23.5 Å². The number of benzene rings is 2. The Hall–Kier alpha value is -2.40. The summed E-state index contributed by atoms with van der Waals surface area (Å²) < 4.78 is 1.08. The lowest BCUT2D eigenvalue weighted by Crippen LogP contribution is -2.49. The molecule has 33 heavy (non-hydrogen) atoms. The third kappa shape index (κ3) is 4.65. The monoisotopic (exact) mass is 527 g/mol. The largest absolute Gasteiger partial charge is 0.393 e. The Bertz CT molecular complexity index is 1210. The molecule has 1 aromatic heterocycles. The van der Waals surface area contributed by atoms with Crippen molar-refractivity contribution < 1.29 is 5.11 Å². The van der Waals surface area contributed by atoms with Crippen molar-refractivity contribution in [1.29, 1.82) is 0 Å². The first kappa shape index (κ1) is 23.7. The molecule has 1 spiro atoms. The van der Waals surface area contributed by atoms with Crippen molar-refractivity contribution in [3.05, 3.63) is 63.4 Å². The molecule has 2 aromatic carbocycles. The van der Waals surface area contributed by atoms with E-state index in [-0.39, 0.29) is 18.5 Å². The van der Waals surface area contributed by atoms with Crippen molar-refractivity contribution in [1.82, 2.24) is 10.2 Å². The fraction of sp³-hybridized carbons (Fsp3) is 0.400. The van der Waals surface area contributed by atoms with Crippen molar-refractivity contribution in [3.8, 4) is 0 Å². The lowest BCUT2D eigenvalue weighted by atomic mass is 9.61. The summed E-state index contributed by atoms with van der Waals surface area (Å²) in [5.41, 5.74) is 3.26. The number of piperidine rings is 1. The number of aliphatic hydroxyl groups excluding tert-OH is 1. The van der Waals surface area contributed by atoms with E-state index in [0.717, 1.165) is 65.4 Å². The maximum Gasteiger partial charge on any atom is 0.188 e.